The minimum absolute atomic E-state index is 0.469. The Morgan fingerprint density at radius 2 is 2.13 bits per heavy atom. The van der Waals surface area contributed by atoms with Gasteiger partial charge in [-0.05, 0) is 37.4 Å². The van der Waals surface area contributed by atoms with Gasteiger partial charge in [0, 0.05) is 5.69 Å². The summed E-state index contributed by atoms with van der Waals surface area (Å²) in [5, 5.41) is 0. The molecule has 3 nitrogen and oxygen atoms in total. The Morgan fingerprint density at radius 1 is 1.33 bits per heavy atom. The van der Waals surface area contributed by atoms with Crippen molar-refractivity contribution in [2.45, 2.75) is 32.6 Å². The summed E-state index contributed by atoms with van der Waals surface area (Å²) in [4.78, 5) is 4.33. The van der Waals surface area contributed by atoms with Crippen molar-refractivity contribution in [3.63, 3.8) is 0 Å². The SMILES string of the molecule is CC(C)c1ccc(OCCCCN)cn1. The molecule has 0 radical (unpaired) electrons. The summed E-state index contributed by atoms with van der Waals surface area (Å²) < 4.78 is 5.52. The van der Waals surface area contributed by atoms with Crippen LogP contribution in [0.1, 0.15) is 38.3 Å². The number of unbranched alkanes of at least 4 members (excludes halogenated alkanes) is 1. The molecule has 1 aromatic rings. The molecular formula is C12H20N2O. The second-order valence-electron chi connectivity index (χ2n) is 3.92. The van der Waals surface area contributed by atoms with E-state index in [1.807, 2.05) is 12.1 Å². The molecule has 3 heteroatoms. The Bertz CT molecular complexity index is 269. The fourth-order valence-electron chi connectivity index (χ4n) is 1.26. The van der Waals surface area contributed by atoms with E-state index in [9.17, 15) is 0 Å². The molecule has 0 aromatic carbocycles. The van der Waals surface area contributed by atoms with Gasteiger partial charge in [0.2, 0.25) is 0 Å². The van der Waals surface area contributed by atoms with Crippen molar-refractivity contribution >= 4 is 0 Å². The number of ether oxygens (including phenoxy) is 1. The lowest BCUT2D eigenvalue weighted by atomic mass is 10.1. The minimum Gasteiger partial charge on any atom is -0.492 e. The monoisotopic (exact) mass is 208 g/mol. The number of nitrogens with two attached hydrogens (primary N) is 1. The molecule has 84 valence electrons. The third kappa shape index (κ3) is 4.30. The highest BCUT2D eigenvalue weighted by Gasteiger charge is 2.00. The molecule has 2 N–H and O–H groups in total. The molecule has 1 aromatic heterocycles. The van der Waals surface area contributed by atoms with E-state index >= 15 is 0 Å². The third-order valence-corrected chi connectivity index (χ3v) is 2.22. The lowest BCUT2D eigenvalue weighted by molar-refractivity contribution is 0.306. The first kappa shape index (κ1) is 12.0. The van der Waals surface area contributed by atoms with Crippen LogP contribution >= 0.6 is 0 Å². The van der Waals surface area contributed by atoms with Crippen molar-refractivity contribution in [1.82, 2.24) is 4.98 Å². The fourth-order valence-corrected chi connectivity index (χ4v) is 1.26. The predicted molar refractivity (Wildman–Crippen MR) is 62.1 cm³/mol. The number of hydrogen-bond donors (Lipinski definition) is 1. The van der Waals surface area contributed by atoms with Crippen LogP contribution in [0.2, 0.25) is 0 Å². The van der Waals surface area contributed by atoms with Crippen LogP contribution in [0.25, 0.3) is 0 Å². The van der Waals surface area contributed by atoms with Crippen LogP contribution < -0.4 is 10.5 Å². The molecular weight excluding hydrogens is 188 g/mol. The first-order valence-electron chi connectivity index (χ1n) is 5.53. The molecule has 15 heavy (non-hydrogen) atoms. The smallest absolute Gasteiger partial charge is 0.137 e. The summed E-state index contributed by atoms with van der Waals surface area (Å²) in [6, 6.07) is 3.99. The molecule has 0 fully saturated rings. The molecule has 1 heterocycles. The molecule has 0 saturated carbocycles. The van der Waals surface area contributed by atoms with Gasteiger partial charge in [-0.1, -0.05) is 13.8 Å². The molecule has 1 rings (SSSR count). The van der Waals surface area contributed by atoms with Crippen molar-refractivity contribution in [2.24, 2.45) is 5.73 Å². The average molecular weight is 208 g/mol. The Labute approximate surface area is 91.7 Å². The van der Waals surface area contributed by atoms with E-state index in [-0.39, 0.29) is 0 Å². The Balaban J connectivity index is 2.36. The van der Waals surface area contributed by atoms with Crippen LogP contribution in [0.4, 0.5) is 0 Å². The van der Waals surface area contributed by atoms with Gasteiger partial charge < -0.3 is 10.5 Å². The van der Waals surface area contributed by atoms with E-state index in [1.165, 1.54) is 0 Å². The topological polar surface area (TPSA) is 48.1 Å². The van der Waals surface area contributed by atoms with Crippen LogP contribution in [0.5, 0.6) is 5.75 Å². The molecule has 0 saturated heterocycles. The highest BCUT2D eigenvalue weighted by molar-refractivity contribution is 5.21. The average Bonchev–Trinajstić information content (AvgIpc) is 2.25. The Morgan fingerprint density at radius 3 is 2.67 bits per heavy atom. The zero-order valence-electron chi connectivity index (χ0n) is 9.57. The highest BCUT2D eigenvalue weighted by atomic mass is 16.5. The van der Waals surface area contributed by atoms with Gasteiger partial charge in [-0.25, -0.2) is 0 Å². The van der Waals surface area contributed by atoms with Crippen LogP contribution in [-0.2, 0) is 0 Å². The van der Waals surface area contributed by atoms with Gasteiger partial charge in [-0.3, -0.25) is 4.98 Å². The van der Waals surface area contributed by atoms with Gasteiger partial charge in [0.05, 0.1) is 12.8 Å². The molecule has 0 spiro atoms. The van der Waals surface area contributed by atoms with E-state index in [0.29, 0.717) is 5.92 Å². The maximum atomic E-state index is 5.52. The maximum absolute atomic E-state index is 5.52. The molecule has 0 aliphatic heterocycles. The summed E-state index contributed by atoms with van der Waals surface area (Å²) in [6.45, 7) is 5.71. The second-order valence-corrected chi connectivity index (χ2v) is 3.92. The summed E-state index contributed by atoms with van der Waals surface area (Å²) in [6.07, 6.45) is 3.80. The van der Waals surface area contributed by atoms with Crippen molar-refractivity contribution < 1.29 is 4.74 Å². The quantitative estimate of drug-likeness (QED) is 0.730. The zero-order chi connectivity index (χ0) is 11.1. The van der Waals surface area contributed by atoms with Gasteiger partial charge in [-0.15, -0.1) is 0 Å². The highest BCUT2D eigenvalue weighted by Crippen LogP contribution is 2.15. The van der Waals surface area contributed by atoms with Crippen LogP contribution in [0.15, 0.2) is 18.3 Å². The summed E-state index contributed by atoms with van der Waals surface area (Å²) in [5.41, 5.74) is 6.49. The van der Waals surface area contributed by atoms with Crippen LogP contribution in [-0.4, -0.2) is 18.1 Å². The number of nitrogens with zero attached hydrogens (tertiary/aromatic N) is 1. The van der Waals surface area contributed by atoms with Crippen molar-refractivity contribution in [3.05, 3.63) is 24.0 Å². The van der Waals surface area contributed by atoms with E-state index in [4.69, 9.17) is 10.5 Å². The number of rotatable bonds is 6. The van der Waals surface area contributed by atoms with Crippen LogP contribution in [0.3, 0.4) is 0 Å². The molecule has 0 aliphatic rings. The first-order chi connectivity index (χ1) is 7.24. The summed E-state index contributed by atoms with van der Waals surface area (Å²) >= 11 is 0. The second kappa shape index (κ2) is 6.40. The van der Waals surface area contributed by atoms with Gasteiger partial charge in [-0.2, -0.15) is 0 Å². The van der Waals surface area contributed by atoms with Gasteiger partial charge in [0.1, 0.15) is 5.75 Å². The number of hydrogen-bond acceptors (Lipinski definition) is 3. The number of pyridine rings is 1. The minimum atomic E-state index is 0.469. The fraction of sp³-hybridized carbons (Fsp3) is 0.583. The van der Waals surface area contributed by atoms with E-state index in [2.05, 4.69) is 18.8 Å². The van der Waals surface area contributed by atoms with Crippen molar-refractivity contribution in [2.75, 3.05) is 13.2 Å². The van der Waals surface area contributed by atoms with Gasteiger partial charge >= 0.3 is 0 Å². The number of aromatic nitrogens is 1. The molecule has 0 unspecified atom stereocenters. The predicted octanol–water partition coefficient (Wildman–Crippen LogP) is 2.32. The van der Waals surface area contributed by atoms with Gasteiger partial charge in [0.15, 0.2) is 0 Å². The standard InChI is InChI=1S/C12H20N2O/c1-10(2)12-6-5-11(9-14-12)15-8-4-3-7-13/h5-6,9-10H,3-4,7-8,13H2,1-2H3. The normalized spacial score (nSPS) is 10.7. The van der Waals surface area contributed by atoms with Crippen molar-refractivity contribution in [3.8, 4) is 5.75 Å². The maximum Gasteiger partial charge on any atom is 0.137 e. The van der Waals surface area contributed by atoms with Crippen molar-refractivity contribution in [1.29, 1.82) is 0 Å². The van der Waals surface area contributed by atoms with E-state index in [0.717, 1.165) is 37.4 Å². The lowest BCUT2D eigenvalue weighted by Crippen LogP contribution is -2.03. The van der Waals surface area contributed by atoms with Gasteiger partial charge in [0.25, 0.3) is 0 Å². The lowest BCUT2D eigenvalue weighted by Gasteiger charge is -2.07. The summed E-state index contributed by atoms with van der Waals surface area (Å²) in [5.74, 6) is 1.31. The third-order valence-electron chi connectivity index (χ3n) is 2.22. The Kier molecular flexibility index (Phi) is 5.12. The zero-order valence-corrected chi connectivity index (χ0v) is 9.57. The van der Waals surface area contributed by atoms with E-state index < -0.39 is 0 Å². The Hall–Kier alpha value is -1.09. The molecule has 0 atom stereocenters. The molecule has 0 amide bonds. The molecule has 0 bridgehead atoms. The molecule has 0 aliphatic carbocycles. The van der Waals surface area contributed by atoms with E-state index in [1.54, 1.807) is 6.20 Å². The first-order valence-corrected chi connectivity index (χ1v) is 5.53. The van der Waals surface area contributed by atoms with Crippen LogP contribution in [0, 0.1) is 0 Å². The summed E-state index contributed by atoms with van der Waals surface area (Å²) in [7, 11) is 0. The largest absolute Gasteiger partial charge is 0.492 e.